The van der Waals surface area contributed by atoms with Crippen molar-refractivity contribution in [3.63, 3.8) is 0 Å². The predicted molar refractivity (Wildman–Crippen MR) is 174 cm³/mol. The molecule has 0 aromatic heterocycles. The monoisotopic (exact) mass is 623 g/mol. The van der Waals surface area contributed by atoms with Crippen LogP contribution in [0.3, 0.4) is 0 Å². The molecule has 11 heteroatoms. The highest BCUT2D eigenvalue weighted by Gasteiger charge is 2.20. The van der Waals surface area contributed by atoms with Crippen LogP contribution in [0.2, 0.25) is 0 Å². The molecule has 3 aromatic rings. The van der Waals surface area contributed by atoms with Gasteiger partial charge in [-0.05, 0) is 73.5 Å². The largest absolute Gasteiger partial charge is 0.381 e. The Labute approximate surface area is 259 Å². The molecule has 2 fully saturated rings. The van der Waals surface area contributed by atoms with Crippen molar-refractivity contribution in [2.24, 2.45) is 0 Å². The summed E-state index contributed by atoms with van der Waals surface area (Å²) in [5.41, 5.74) is 2.16. The van der Waals surface area contributed by atoms with Gasteiger partial charge in [-0.1, -0.05) is 18.2 Å². The molecule has 2 heterocycles. The zero-order valence-corrected chi connectivity index (χ0v) is 26.0. The van der Waals surface area contributed by atoms with Crippen molar-refractivity contribution in [1.29, 1.82) is 0 Å². The molecule has 3 aromatic carbocycles. The Bertz CT molecular complexity index is 1390. The number of amides is 1. The number of nitrogens with one attached hydrogen (secondary N) is 3. The molecule has 230 valence electrons. The molecule has 0 radical (unpaired) electrons. The van der Waals surface area contributed by atoms with Gasteiger partial charge in [0.2, 0.25) is 0 Å². The van der Waals surface area contributed by atoms with Gasteiger partial charge >= 0.3 is 0 Å². The minimum absolute atomic E-state index is 0.0450. The van der Waals surface area contributed by atoms with Crippen molar-refractivity contribution in [3.05, 3.63) is 84.4 Å². The normalized spacial score (nSPS) is 17.2. The van der Waals surface area contributed by atoms with Gasteiger partial charge in [0.15, 0.2) is 0 Å². The highest BCUT2D eigenvalue weighted by atomic mass is 32.2. The van der Waals surface area contributed by atoms with Crippen LogP contribution in [-0.2, 0) is 14.8 Å². The van der Waals surface area contributed by atoms with E-state index < -0.39 is 15.9 Å². The van der Waals surface area contributed by atoms with Crippen molar-refractivity contribution in [2.45, 2.75) is 28.7 Å². The SMILES string of the molecule is O=C(NS(=O)(=O)c1ccc(N[C@H](CCN2CCCOCC2)CSc2ccccc2)cc1)c1ccc(N2CCNCC2)cc1. The molecular formula is C32H41N5O4S2. The summed E-state index contributed by atoms with van der Waals surface area (Å²) >= 11 is 1.80. The van der Waals surface area contributed by atoms with Crippen LogP contribution in [0.4, 0.5) is 11.4 Å². The average Bonchev–Trinajstić information content (AvgIpc) is 3.32. The summed E-state index contributed by atoms with van der Waals surface area (Å²) < 4.78 is 33.9. The molecule has 0 bridgehead atoms. The number of ether oxygens (including phenoxy) is 1. The van der Waals surface area contributed by atoms with Crippen molar-refractivity contribution in [1.82, 2.24) is 14.9 Å². The number of sulfonamides is 1. The first kappa shape index (κ1) is 31.3. The Hall–Kier alpha value is -3.09. The smallest absolute Gasteiger partial charge is 0.264 e. The number of rotatable bonds is 12. The van der Waals surface area contributed by atoms with Crippen LogP contribution < -0.4 is 20.3 Å². The van der Waals surface area contributed by atoms with Gasteiger partial charge in [0, 0.05) is 86.0 Å². The molecule has 43 heavy (non-hydrogen) atoms. The summed E-state index contributed by atoms with van der Waals surface area (Å²) in [6.45, 7) is 8.15. The fourth-order valence-electron chi connectivity index (χ4n) is 5.22. The summed E-state index contributed by atoms with van der Waals surface area (Å²) in [6.07, 6.45) is 1.99. The van der Waals surface area contributed by atoms with E-state index in [4.69, 9.17) is 4.74 Å². The van der Waals surface area contributed by atoms with E-state index in [2.05, 4.69) is 37.3 Å². The number of piperazine rings is 1. The maximum absolute atomic E-state index is 13.0. The van der Waals surface area contributed by atoms with Gasteiger partial charge in [-0.25, -0.2) is 13.1 Å². The van der Waals surface area contributed by atoms with E-state index >= 15 is 0 Å². The van der Waals surface area contributed by atoms with Crippen LogP contribution in [-0.4, -0.2) is 90.0 Å². The minimum Gasteiger partial charge on any atom is -0.381 e. The summed E-state index contributed by atoms with van der Waals surface area (Å²) in [5, 5.41) is 6.93. The van der Waals surface area contributed by atoms with E-state index in [0.29, 0.717) is 5.56 Å². The van der Waals surface area contributed by atoms with E-state index in [-0.39, 0.29) is 10.9 Å². The van der Waals surface area contributed by atoms with E-state index in [1.807, 2.05) is 30.3 Å². The molecule has 0 saturated carbocycles. The molecule has 1 amide bonds. The Morgan fingerprint density at radius 1 is 0.907 bits per heavy atom. The van der Waals surface area contributed by atoms with Gasteiger partial charge in [-0.3, -0.25) is 4.79 Å². The maximum Gasteiger partial charge on any atom is 0.264 e. The zero-order chi connectivity index (χ0) is 29.9. The summed E-state index contributed by atoms with van der Waals surface area (Å²) in [7, 11) is -4.03. The number of carbonyl (C=O) groups is 1. The molecule has 0 aliphatic carbocycles. The van der Waals surface area contributed by atoms with Crippen LogP contribution in [0, 0.1) is 0 Å². The van der Waals surface area contributed by atoms with Crippen molar-refractivity contribution in [3.8, 4) is 0 Å². The Kier molecular flexibility index (Phi) is 11.4. The van der Waals surface area contributed by atoms with Crippen molar-refractivity contribution in [2.75, 3.05) is 75.0 Å². The lowest BCUT2D eigenvalue weighted by atomic mass is 10.2. The third-order valence-electron chi connectivity index (χ3n) is 7.68. The molecule has 0 spiro atoms. The zero-order valence-electron chi connectivity index (χ0n) is 24.4. The second-order valence-corrected chi connectivity index (χ2v) is 13.6. The van der Waals surface area contributed by atoms with Gasteiger partial charge < -0.3 is 25.2 Å². The lowest BCUT2D eigenvalue weighted by molar-refractivity contribution is 0.0981. The lowest BCUT2D eigenvalue weighted by Crippen LogP contribution is -2.43. The van der Waals surface area contributed by atoms with E-state index in [0.717, 1.165) is 89.0 Å². The Morgan fingerprint density at radius 2 is 1.65 bits per heavy atom. The molecular weight excluding hydrogens is 583 g/mol. The number of thioether (sulfide) groups is 1. The third kappa shape index (κ3) is 9.45. The van der Waals surface area contributed by atoms with Crippen LogP contribution in [0.25, 0.3) is 0 Å². The molecule has 2 aliphatic heterocycles. The summed E-state index contributed by atoms with van der Waals surface area (Å²) in [5.74, 6) is 0.226. The number of anilines is 2. The van der Waals surface area contributed by atoms with Gasteiger partial charge in [0.25, 0.3) is 15.9 Å². The summed E-state index contributed by atoms with van der Waals surface area (Å²) in [4.78, 5) is 18.8. The molecule has 2 saturated heterocycles. The van der Waals surface area contributed by atoms with Crippen LogP contribution in [0.15, 0.2) is 88.7 Å². The second-order valence-electron chi connectivity index (χ2n) is 10.8. The molecule has 3 N–H and O–H groups in total. The molecule has 9 nitrogen and oxygen atoms in total. The van der Waals surface area contributed by atoms with Gasteiger partial charge in [-0.2, -0.15) is 0 Å². The van der Waals surface area contributed by atoms with Crippen LogP contribution >= 0.6 is 11.8 Å². The van der Waals surface area contributed by atoms with Crippen LogP contribution in [0.1, 0.15) is 23.2 Å². The first-order valence-corrected chi connectivity index (χ1v) is 17.4. The van der Waals surface area contributed by atoms with E-state index in [1.54, 1.807) is 48.2 Å². The highest BCUT2D eigenvalue weighted by molar-refractivity contribution is 7.99. The van der Waals surface area contributed by atoms with Gasteiger partial charge in [0.1, 0.15) is 0 Å². The molecule has 0 unspecified atom stereocenters. The van der Waals surface area contributed by atoms with Crippen LogP contribution in [0.5, 0.6) is 0 Å². The minimum atomic E-state index is -4.03. The first-order chi connectivity index (χ1) is 21.0. The number of carbonyl (C=O) groups excluding carboxylic acids is 1. The third-order valence-corrected chi connectivity index (χ3v) is 10.2. The number of nitrogens with zero attached hydrogens (tertiary/aromatic N) is 2. The number of hydrogen-bond acceptors (Lipinski definition) is 9. The molecule has 1 atom stereocenters. The standard InChI is InChI=1S/C32H41N5O4S2/c38-32(26-7-11-29(12-8-26)37-20-16-33-17-21-37)35-43(39,40)31-13-9-27(10-14-31)34-28(25-42-30-5-2-1-3-6-30)15-19-36-18-4-23-41-24-22-36/h1-3,5-14,28,33-34H,4,15-25H2,(H,35,38)/t28-/m1/s1. The topological polar surface area (TPSA) is 103 Å². The van der Waals surface area contributed by atoms with Crippen molar-refractivity contribution >= 4 is 39.1 Å². The first-order valence-electron chi connectivity index (χ1n) is 14.9. The molecule has 2 aliphatic rings. The lowest BCUT2D eigenvalue weighted by Gasteiger charge is -2.29. The Morgan fingerprint density at radius 3 is 2.40 bits per heavy atom. The van der Waals surface area contributed by atoms with Crippen molar-refractivity contribution < 1.29 is 17.9 Å². The maximum atomic E-state index is 13.0. The fraction of sp³-hybridized carbons (Fsp3) is 0.406. The highest BCUT2D eigenvalue weighted by Crippen LogP contribution is 2.23. The van der Waals surface area contributed by atoms with Gasteiger partial charge in [0.05, 0.1) is 11.5 Å². The summed E-state index contributed by atoms with van der Waals surface area (Å²) in [6, 6.07) is 24.2. The number of benzene rings is 3. The molecule has 5 rings (SSSR count). The fourth-order valence-corrected chi connectivity index (χ4v) is 7.19. The van der Waals surface area contributed by atoms with E-state index in [9.17, 15) is 13.2 Å². The quantitative estimate of drug-likeness (QED) is 0.259. The number of hydrogen-bond donors (Lipinski definition) is 3. The van der Waals surface area contributed by atoms with Gasteiger partial charge in [-0.15, -0.1) is 11.8 Å². The Balaban J connectivity index is 1.19. The second kappa shape index (κ2) is 15.6. The van der Waals surface area contributed by atoms with E-state index in [1.165, 1.54) is 4.90 Å². The predicted octanol–water partition coefficient (Wildman–Crippen LogP) is 3.90. The average molecular weight is 624 g/mol.